The van der Waals surface area contributed by atoms with Crippen LogP contribution in [-0.4, -0.2) is 14.7 Å². The molecule has 1 unspecified atom stereocenters. The molecule has 1 N–H and O–H groups in total. The van der Waals surface area contributed by atoms with Crippen LogP contribution in [0.1, 0.15) is 5.56 Å². The lowest BCUT2D eigenvalue weighted by Crippen LogP contribution is -2.15. The van der Waals surface area contributed by atoms with Gasteiger partial charge < -0.3 is 4.98 Å². The molecule has 1 aromatic carbocycles. The van der Waals surface area contributed by atoms with Gasteiger partial charge in [0.1, 0.15) is 0 Å². The Morgan fingerprint density at radius 2 is 2.00 bits per heavy atom. The Morgan fingerprint density at radius 3 is 2.62 bits per heavy atom. The molecule has 16 heavy (non-hydrogen) atoms. The Morgan fingerprint density at radius 1 is 1.31 bits per heavy atom. The van der Waals surface area contributed by atoms with Gasteiger partial charge in [-0.05, 0) is 19.1 Å². The number of aromatic amines is 1. The molecular formula is C10H8F3NOS. The second-order valence-corrected chi connectivity index (χ2v) is 4.86. The van der Waals surface area contributed by atoms with E-state index in [9.17, 15) is 17.4 Å². The first-order valence-corrected chi connectivity index (χ1v) is 5.61. The first-order valence-electron chi connectivity index (χ1n) is 4.46. The molecule has 0 saturated heterocycles. The molecule has 0 fully saturated rings. The maximum absolute atomic E-state index is 12.3. The number of aromatic nitrogens is 1. The molecule has 0 saturated carbocycles. The van der Waals surface area contributed by atoms with E-state index in [0.29, 0.717) is 10.9 Å². The van der Waals surface area contributed by atoms with Crippen LogP contribution in [0.2, 0.25) is 0 Å². The summed E-state index contributed by atoms with van der Waals surface area (Å²) in [7, 11) is -2.98. The number of H-pyrrole nitrogens is 1. The highest BCUT2D eigenvalue weighted by Crippen LogP contribution is 2.31. The molecule has 0 amide bonds. The topological polar surface area (TPSA) is 32.9 Å². The first kappa shape index (κ1) is 11.2. The minimum absolute atomic E-state index is 0.216. The van der Waals surface area contributed by atoms with Crippen molar-refractivity contribution in [3.05, 3.63) is 30.0 Å². The standard InChI is InChI=1S/C10H8F3NOS/c1-6-2-3-8-7(4-6)9(5-14-8)16(15)10(11,12)13/h2-5,14H,1H3. The van der Waals surface area contributed by atoms with E-state index in [1.807, 2.05) is 0 Å². The fourth-order valence-corrected chi connectivity index (χ4v) is 2.27. The molecule has 0 aliphatic heterocycles. The second kappa shape index (κ2) is 3.62. The SMILES string of the molecule is Cc1ccc2[nH]cc(S(=O)C(F)(F)F)c2c1. The second-order valence-electron chi connectivity index (χ2n) is 3.42. The summed E-state index contributed by atoms with van der Waals surface area (Å²) in [6.45, 7) is 1.77. The predicted molar refractivity (Wildman–Crippen MR) is 55.5 cm³/mol. The highest BCUT2D eigenvalue weighted by Gasteiger charge is 2.39. The molecule has 1 atom stereocenters. The van der Waals surface area contributed by atoms with Crippen molar-refractivity contribution in [1.29, 1.82) is 0 Å². The van der Waals surface area contributed by atoms with Gasteiger partial charge in [-0.2, -0.15) is 13.2 Å². The summed E-state index contributed by atoms with van der Waals surface area (Å²) in [4.78, 5) is 2.46. The van der Waals surface area contributed by atoms with E-state index in [4.69, 9.17) is 0 Å². The van der Waals surface area contributed by atoms with E-state index >= 15 is 0 Å². The summed E-state index contributed by atoms with van der Waals surface area (Å²) in [5.74, 6) is 0. The van der Waals surface area contributed by atoms with Crippen molar-refractivity contribution in [1.82, 2.24) is 4.98 Å². The van der Waals surface area contributed by atoms with Crippen LogP contribution in [0.5, 0.6) is 0 Å². The molecule has 2 aromatic rings. The van der Waals surface area contributed by atoms with Crippen LogP contribution >= 0.6 is 0 Å². The van der Waals surface area contributed by atoms with Gasteiger partial charge in [0, 0.05) is 17.1 Å². The van der Waals surface area contributed by atoms with Crippen molar-refractivity contribution in [2.45, 2.75) is 17.3 Å². The summed E-state index contributed by atoms with van der Waals surface area (Å²) < 4.78 is 48.2. The Bertz CT molecular complexity index is 559. The molecule has 86 valence electrons. The van der Waals surface area contributed by atoms with Crippen molar-refractivity contribution in [3.8, 4) is 0 Å². The fourth-order valence-electron chi connectivity index (χ4n) is 1.49. The Hall–Kier alpha value is -1.30. The summed E-state index contributed by atoms with van der Waals surface area (Å²) in [5, 5.41) is 0.357. The number of benzene rings is 1. The van der Waals surface area contributed by atoms with Crippen LogP contribution in [0, 0.1) is 6.92 Å². The van der Waals surface area contributed by atoms with E-state index in [1.165, 1.54) is 0 Å². The third-order valence-electron chi connectivity index (χ3n) is 2.21. The fraction of sp³-hybridized carbons (Fsp3) is 0.200. The first-order chi connectivity index (χ1) is 7.39. The molecule has 2 nitrogen and oxygen atoms in total. The van der Waals surface area contributed by atoms with E-state index in [-0.39, 0.29) is 4.90 Å². The van der Waals surface area contributed by atoms with Crippen LogP contribution in [0.15, 0.2) is 29.3 Å². The number of nitrogens with one attached hydrogen (secondary N) is 1. The molecular weight excluding hydrogens is 239 g/mol. The number of hydrogen-bond acceptors (Lipinski definition) is 1. The lowest BCUT2D eigenvalue weighted by atomic mass is 10.2. The highest BCUT2D eigenvalue weighted by atomic mass is 32.2. The van der Waals surface area contributed by atoms with Crippen molar-refractivity contribution in [2.75, 3.05) is 0 Å². The van der Waals surface area contributed by atoms with E-state index < -0.39 is 16.3 Å². The maximum atomic E-state index is 12.3. The minimum Gasteiger partial charge on any atom is -0.360 e. The summed E-state index contributed by atoms with van der Waals surface area (Å²) in [5.41, 5.74) is -3.34. The maximum Gasteiger partial charge on any atom is 0.475 e. The van der Waals surface area contributed by atoms with Crippen LogP contribution < -0.4 is 0 Å². The third-order valence-corrected chi connectivity index (χ3v) is 3.37. The van der Waals surface area contributed by atoms with Gasteiger partial charge in [0.2, 0.25) is 0 Å². The zero-order chi connectivity index (χ0) is 11.9. The van der Waals surface area contributed by atoms with Crippen LogP contribution in [0.4, 0.5) is 13.2 Å². The van der Waals surface area contributed by atoms with Gasteiger partial charge in [-0.3, -0.25) is 0 Å². The molecule has 0 aliphatic carbocycles. The zero-order valence-corrected chi connectivity index (χ0v) is 9.08. The van der Waals surface area contributed by atoms with Crippen LogP contribution in [0.3, 0.4) is 0 Å². The van der Waals surface area contributed by atoms with Gasteiger partial charge in [-0.1, -0.05) is 11.6 Å². The number of rotatable bonds is 1. The normalized spacial score (nSPS) is 14.2. The summed E-state index contributed by atoms with van der Waals surface area (Å²) in [6.07, 6.45) is 1.15. The van der Waals surface area contributed by atoms with Crippen molar-refractivity contribution >= 4 is 21.7 Å². The third kappa shape index (κ3) is 1.84. The molecule has 1 aromatic heterocycles. The van der Waals surface area contributed by atoms with E-state index in [2.05, 4.69) is 4.98 Å². The van der Waals surface area contributed by atoms with Gasteiger partial charge in [-0.15, -0.1) is 0 Å². The molecule has 2 rings (SSSR count). The molecule has 1 heterocycles. The molecule has 6 heteroatoms. The zero-order valence-electron chi connectivity index (χ0n) is 8.26. The van der Waals surface area contributed by atoms with Gasteiger partial charge in [-0.25, -0.2) is 4.21 Å². The van der Waals surface area contributed by atoms with Gasteiger partial charge in [0.25, 0.3) is 0 Å². The van der Waals surface area contributed by atoms with Crippen LogP contribution in [0.25, 0.3) is 10.9 Å². The minimum atomic E-state index is -4.72. The average molecular weight is 247 g/mol. The molecule has 0 aliphatic rings. The number of alkyl halides is 3. The highest BCUT2D eigenvalue weighted by molar-refractivity contribution is 7.86. The van der Waals surface area contributed by atoms with Gasteiger partial charge >= 0.3 is 5.51 Å². The smallest absolute Gasteiger partial charge is 0.360 e. The van der Waals surface area contributed by atoms with Gasteiger partial charge in [0.05, 0.1) is 4.90 Å². The van der Waals surface area contributed by atoms with Crippen molar-refractivity contribution < 1.29 is 17.4 Å². The Kier molecular flexibility index (Phi) is 2.53. The van der Waals surface area contributed by atoms with E-state index in [1.54, 1.807) is 25.1 Å². The Balaban J connectivity index is 2.62. The van der Waals surface area contributed by atoms with Gasteiger partial charge in [0.15, 0.2) is 10.8 Å². The van der Waals surface area contributed by atoms with Crippen molar-refractivity contribution in [3.63, 3.8) is 0 Å². The monoisotopic (exact) mass is 247 g/mol. The summed E-state index contributed by atoms with van der Waals surface area (Å²) >= 11 is 0. The largest absolute Gasteiger partial charge is 0.475 e. The van der Waals surface area contributed by atoms with Crippen LogP contribution in [-0.2, 0) is 10.8 Å². The lowest BCUT2D eigenvalue weighted by Gasteiger charge is -2.04. The summed E-state index contributed by atoms with van der Waals surface area (Å²) in [6, 6.07) is 5.03. The Labute approximate surface area is 91.9 Å². The lowest BCUT2D eigenvalue weighted by molar-refractivity contribution is -0.0384. The molecule has 0 spiro atoms. The molecule has 0 bridgehead atoms. The van der Waals surface area contributed by atoms with Crippen molar-refractivity contribution in [2.24, 2.45) is 0 Å². The molecule has 0 radical (unpaired) electrons. The number of fused-ring (bicyclic) bond motifs is 1. The predicted octanol–water partition coefficient (Wildman–Crippen LogP) is 3.10. The number of hydrogen-bond donors (Lipinski definition) is 1. The van der Waals surface area contributed by atoms with E-state index in [0.717, 1.165) is 11.8 Å². The number of halogens is 3. The quantitative estimate of drug-likeness (QED) is 0.825. The average Bonchev–Trinajstić information content (AvgIpc) is 2.57. The number of aryl methyl sites for hydroxylation is 1.